The molecule has 1 fully saturated rings. The zero-order valence-electron chi connectivity index (χ0n) is 18.5. The first kappa shape index (κ1) is 22.5. The number of urea groups is 1. The molecule has 164 valence electrons. The first-order valence-corrected chi connectivity index (χ1v) is 11.0. The number of benzene rings is 2. The maximum Gasteiger partial charge on any atom is 0.325 e. The Morgan fingerprint density at radius 1 is 1.03 bits per heavy atom. The van der Waals surface area contributed by atoms with E-state index in [1.807, 2.05) is 54.6 Å². The summed E-state index contributed by atoms with van der Waals surface area (Å²) in [5.74, 6) is -0.768. The molecule has 2 atom stereocenters. The van der Waals surface area contributed by atoms with E-state index in [9.17, 15) is 14.4 Å². The molecule has 6 heteroatoms. The molecule has 1 saturated heterocycles. The van der Waals surface area contributed by atoms with E-state index in [-0.39, 0.29) is 18.5 Å². The number of aryl methyl sites for hydroxylation is 1. The molecule has 0 saturated carbocycles. The van der Waals surface area contributed by atoms with Crippen molar-refractivity contribution in [3.63, 3.8) is 0 Å². The van der Waals surface area contributed by atoms with Gasteiger partial charge in [0.15, 0.2) is 0 Å². The highest BCUT2D eigenvalue weighted by Gasteiger charge is 2.49. The van der Waals surface area contributed by atoms with Gasteiger partial charge in [-0.2, -0.15) is 0 Å². The van der Waals surface area contributed by atoms with Crippen molar-refractivity contribution in [2.24, 2.45) is 0 Å². The highest BCUT2D eigenvalue weighted by molar-refractivity contribution is 6.09. The summed E-state index contributed by atoms with van der Waals surface area (Å²) in [6.07, 6.45) is 3.67. The average Bonchev–Trinajstić information content (AvgIpc) is 2.98. The fraction of sp³-hybridized carbons (Fsp3) is 0.400. The molecule has 6 nitrogen and oxygen atoms in total. The van der Waals surface area contributed by atoms with Crippen LogP contribution in [0.5, 0.6) is 0 Å². The van der Waals surface area contributed by atoms with Crippen molar-refractivity contribution in [2.45, 2.75) is 58.0 Å². The number of nitrogens with zero attached hydrogens (tertiary/aromatic N) is 1. The SMILES string of the molecule is CCCc1ccc(C2(C)NC(=O)N(CC(=O)NC(CCC)c3ccccc3)C2=O)cc1. The number of carbonyl (C=O) groups is 3. The van der Waals surface area contributed by atoms with E-state index in [0.29, 0.717) is 5.56 Å². The zero-order chi connectivity index (χ0) is 22.4. The summed E-state index contributed by atoms with van der Waals surface area (Å²) >= 11 is 0. The smallest absolute Gasteiger partial charge is 0.325 e. The van der Waals surface area contributed by atoms with Crippen molar-refractivity contribution >= 4 is 17.8 Å². The second-order valence-electron chi connectivity index (χ2n) is 8.21. The van der Waals surface area contributed by atoms with Crippen molar-refractivity contribution in [1.29, 1.82) is 0 Å². The van der Waals surface area contributed by atoms with Crippen LogP contribution in [0.2, 0.25) is 0 Å². The van der Waals surface area contributed by atoms with Crippen molar-refractivity contribution in [3.8, 4) is 0 Å². The number of amides is 4. The summed E-state index contributed by atoms with van der Waals surface area (Å²) in [5, 5.41) is 5.75. The largest absolute Gasteiger partial charge is 0.348 e. The van der Waals surface area contributed by atoms with Crippen molar-refractivity contribution in [1.82, 2.24) is 15.5 Å². The van der Waals surface area contributed by atoms with Gasteiger partial charge in [-0.15, -0.1) is 0 Å². The van der Waals surface area contributed by atoms with E-state index in [4.69, 9.17) is 0 Å². The molecule has 1 heterocycles. The Bertz CT molecular complexity index is 927. The first-order chi connectivity index (χ1) is 14.9. The van der Waals surface area contributed by atoms with Crippen LogP contribution in [0.25, 0.3) is 0 Å². The molecular formula is C25H31N3O3. The Kier molecular flexibility index (Phi) is 7.10. The molecule has 0 spiro atoms. The molecule has 1 aliphatic rings. The number of hydrogen-bond acceptors (Lipinski definition) is 3. The molecule has 2 aromatic rings. The molecule has 1 aliphatic heterocycles. The van der Waals surface area contributed by atoms with Gasteiger partial charge in [-0.25, -0.2) is 4.79 Å². The summed E-state index contributed by atoms with van der Waals surface area (Å²) in [4.78, 5) is 39.4. The van der Waals surface area contributed by atoms with E-state index in [2.05, 4.69) is 24.5 Å². The Morgan fingerprint density at radius 2 is 1.71 bits per heavy atom. The van der Waals surface area contributed by atoms with Gasteiger partial charge >= 0.3 is 6.03 Å². The quantitative estimate of drug-likeness (QED) is 0.599. The molecule has 0 bridgehead atoms. The van der Waals surface area contributed by atoms with Crippen LogP contribution in [0.15, 0.2) is 54.6 Å². The third kappa shape index (κ3) is 4.95. The molecule has 0 aromatic heterocycles. The highest BCUT2D eigenvalue weighted by atomic mass is 16.2. The number of hydrogen-bond donors (Lipinski definition) is 2. The second-order valence-corrected chi connectivity index (χ2v) is 8.21. The summed E-state index contributed by atoms with van der Waals surface area (Å²) in [5.41, 5.74) is 1.73. The van der Waals surface area contributed by atoms with Gasteiger partial charge in [0.2, 0.25) is 5.91 Å². The van der Waals surface area contributed by atoms with E-state index in [0.717, 1.165) is 36.1 Å². The Hall–Kier alpha value is -3.15. The first-order valence-electron chi connectivity index (χ1n) is 11.0. The maximum atomic E-state index is 13.1. The van der Waals surface area contributed by atoms with Gasteiger partial charge in [0, 0.05) is 0 Å². The zero-order valence-corrected chi connectivity index (χ0v) is 18.5. The van der Waals surface area contributed by atoms with Crippen LogP contribution in [-0.4, -0.2) is 29.3 Å². The Morgan fingerprint density at radius 3 is 2.32 bits per heavy atom. The molecule has 2 N–H and O–H groups in total. The highest BCUT2D eigenvalue weighted by Crippen LogP contribution is 2.29. The van der Waals surface area contributed by atoms with Gasteiger partial charge in [-0.05, 0) is 36.5 Å². The second kappa shape index (κ2) is 9.77. The van der Waals surface area contributed by atoms with Crippen molar-refractivity contribution < 1.29 is 14.4 Å². The van der Waals surface area contributed by atoms with E-state index < -0.39 is 17.5 Å². The fourth-order valence-electron chi connectivity index (χ4n) is 4.01. The van der Waals surface area contributed by atoms with Gasteiger partial charge in [-0.1, -0.05) is 81.3 Å². The lowest BCUT2D eigenvalue weighted by molar-refractivity contribution is -0.135. The van der Waals surface area contributed by atoms with Crippen LogP contribution in [0, 0.1) is 0 Å². The predicted octanol–water partition coefficient (Wildman–Crippen LogP) is 4.06. The summed E-state index contributed by atoms with van der Waals surface area (Å²) in [6, 6.07) is 16.7. The van der Waals surface area contributed by atoms with E-state index in [1.165, 1.54) is 5.56 Å². The Labute approximate surface area is 184 Å². The van der Waals surface area contributed by atoms with Crippen LogP contribution in [0.1, 0.15) is 62.8 Å². The average molecular weight is 422 g/mol. The molecule has 3 rings (SSSR count). The Balaban J connectivity index is 1.71. The van der Waals surface area contributed by atoms with E-state index in [1.54, 1.807) is 6.92 Å². The lowest BCUT2D eigenvalue weighted by atomic mass is 9.91. The van der Waals surface area contributed by atoms with Gasteiger partial charge in [0.25, 0.3) is 5.91 Å². The van der Waals surface area contributed by atoms with Gasteiger partial charge < -0.3 is 10.6 Å². The molecule has 0 radical (unpaired) electrons. The number of nitrogens with one attached hydrogen (secondary N) is 2. The van der Waals surface area contributed by atoms with Gasteiger partial charge in [-0.3, -0.25) is 14.5 Å². The lowest BCUT2D eigenvalue weighted by Gasteiger charge is -2.23. The molecule has 2 unspecified atom stereocenters. The maximum absolute atomic E-state index is 13.1. The van der Waals surface area contributed by atoms with Crippen molar-refractivity contribution in [3.05, 3.63) is 71.3 Å². The molecular weight excluding hydrogens is 390 g/mol. The topological polar surface area (TPSA) is 78.5 Å². The number of imide groups is 1. The third-order valence-corrected chi connectivity index (χ3v) is 5.76. The molecule has 4 amide bonds. The summed E-state index contributed by atoms with van der Waals surface area (Å²) < 4.78 is 0. The monoisotopic (exact) mass is 421 g/mol. The molecule has 2 aromatic carbocycles. The van der Waals surface area contributed by atoms with Gasteiger partial charge in [0.05, 0.1) is 6.04 Å². The lowest BCUT2D eigenvalue weighted by Crippen LogP contribution is -2.43. The van der Waals surface area contributed by atoms with Crippen LogP contribution in [-0.2, 0) is 21.5 Å². The van der Waals surface area contributed by atoms with Crippen LogP contribution in [0.4, 0.5) is 4.79 Å². The number of rotatable bonds is 9. The van der Waals surface area contributed by atoms with Crippen LogP contribution < -0.4 is 10.6 Å². The predicted molar refractivity (Wildman–Crippen MR) is 120 cm³/mol. The normalized spacial score (nSPS) is 19.3. The van der Waals surface area contributed by atoms with E-state index >= 15 is 0 Å². The minimum Gasteiger partial charge on any atom is -0.348 e. The van der Waals surface area contributed by atoms with Crippen LogP contribution in [0.3, 0.4) is 0 Å². The minimum absolute atomic E-state index is 0.156. The standard InChI is InChI=1S/C25H31N3O3/c1-4-9-18-13-15-20(16-14-18)25(3)23(30)28(24(31)27-25)17-22(29)26-21(10-5-2)19-11-7-6-8-12-19/h6-8,11-16,21H,4-5,9-10,17H2,1-3H3,(H,26,29)(H,27,31). The molecule has 0 aliphatic carbocycles. The summed E-state index contributed by atoms with van der Waals surface area (Å²) in [7, 11) is 0. The van der Waals surface area contributed by atoms with Crippen LogP contribution >= 0.6 is 0 Å². The van der Waals surface area contributed by atoms with Crippen molar-refractivity contribution in [2.75, 3.05) is 6.54 Å². The molecule has 31 heavy (non-hydrogen) atoms. The third-order valence-electron chi connectivity index (χ3n) is 5.76. The minimum atomic E-state index is -1.18. The fourth-order valence-corrected chi connectivity index (χ4v) is 4.01. The number of carbonyl (C=O) groups excluding carboxylic acids is 3. The van der Waals surface area contributed by atoms with Gasteiger partial charge in [0.1, 0.15) is 12.1 Å². The summed E-state index contributed by atoms with van der Waals surface area (Å²) in [6.45, 7) is 5.55.